The number of rotatable bonds is 7. The lowest BCUT2D eigenvalue weighted by atomic mass is 9.83. The Morgan fingerprint density at radius 1 is 0.941 bits per heavy atom. The number of nitrogens with one attached hydrogen (secondary N) is 1. The van der Waals surface area contributed by atoms with Gasteiger partial charge in [0.05, 0.1) is 19.1 Å². The Kier molecular flexibility index (Phi) is 6.82. The van der Waals surface area contributed by atoms with E-state index >= 15 is 0 Å². The lowest BCUT2D eigenvalue weighted by molar-refractivity contribution is -0.126. The van der Waals surface area contributed by atoms with Crippen LogP contribution < -0.4 is 15.0 Å². The molecular weight excluding hydrogens is 422 g/mol. The van der Waals surface area contributed by atoms with Gasteiger partial charge in [0.25, 0.3) is 0 Å². The number of hydrogen-bond acceptors (Lipinski definition) is 4. The van der Waals surface area contributed by atoms with Gasteiger partial charge in [0.2, 0.25) is 5.91 Å². The van der Waals surface area contributed by atoms with Crippen LogP contribution in [0.3, 0.4) is 0 Å². The van der Waals surface area contributed by atoms with Crippen LogP contribution in [0.15, 0.2) is 78.9 Å². The summed E-state index contributed by atoms with van der Waals surface area (Å²) in [6, 6.07) is 27.5. The van der Waals surface area contributed by atoms with E-state index < -0.39 is 0 Å². The minimum absolute atomic E-state index is 0.0515. The quantitative estimate of drug-likeness (QED) is 0.587. The summed E-state index contributed by atoms with van der Waals surface area (Å²) in [5, 5.41) is 3.24. The molecular formula is C29H33N3O2. The third-order valence-electron chi connectivity index (χ3n) is 7.17. The first-order valence-corrected chi connectivity index (χ1v) is 12.2. The number of anilines is 1. The number of ether oxygens (including phenoxy) is 1. The number of carbonyl (C=O) groups excluding carboxylic acids is 1. The predicted octanol–water partition coefficient (Wildman–Crippen LogP) is 3.92. The molecule has 0 bridgehead atoms. The van der Waals surface area contributed by atoms with Crippen LogP contribution in [-0.2, 0) is 24.2 Å². The molecule has 3 aromatic carbocycles. The van der Waals surface area contributed by atoms with Crippen molar-refractivity contribution in [2.45, 2.75) is 25.4 Å². The van der Waals surface area contributed by atoms with Gasteiger partial charge in [-0.25, -0.2) is 0 Å². The normalized spacial score (nSPS) is 19.7. The Hall–Kier alpha value is -3.31. The number of amides is 1. The van der Waals surface area contributed by atoms with E-state index in [9.17, 15) is 4.79 Å². The van der Waals surface area contributed by atoms with E-state index in [0.29, 0.717) is 6.54 Å². The van der Waals surface area contributed by atoms with Gasteiger partial charge in [-0.2, -0.15) is 0 Å². The molecule has 0 spiro atoms. The second-order valence-electron chi connectivity index (χ2n) is 9.31. The molecule has 2 aliphatic heterocycles. The second kappa shape index (κ2) is 10.3. The van der Waals surface area contributed by atoms with Crippen molar-refractivity contribution in [3.63, 3.8) is 0 Å². The Bertz CT molecular complexity index is 1100. The van der Waals surface area contributed by atoms with Crippen LogP contribution in [0.4, 0.5) is 5.69 Å². The van der Waals surface area contributed by atoms with Crippen LogP contribution in [0, 0.1) is 5.92 Å². The largest absolute Gasteiger partial charge is 0.497 e. The van der Waals surface area contributed by atoms with Crippen molar-refractivity contribution >= 4 is 11.6 Å². The summed E-state index contributed by atoms with van der Waals surface area (Å²) in [4.78, 5) is 18.4. The van der Waals surface area contributed by atoms with Crippen LogP contribution in [0.25, 0.3) is 0 Å². The SMILES string of the molecule is COc1ccc(CCNC(=O)[C@@H]2Cc3ccccc3N3CCN(Cc4ccccc4)C[C@H]23)cc1. The maximum atomic E-state index is 13.4. The summed E-state index contributed by atoms with van der Waals surface area (Å²) in [6.07, 6.45) is 1.61. The van der Waals surface area contributed by atoms with Gasteiger partial charge in [-0.05, 0) is 47.7 Å². The molecule has 0 unspecified atom stereocenters. The monoisotopic (exact) mass is 455 g/mol. The first-order valence-electron chi connectivity index (χ1n) is 12.2. The van der Waals surface area contributed by atoms with E-state index in [4.69, 9.17) is 4.74 Å². The Balaban J connectivity index is 1.27. The zero-order valence-electron chi connectivity index (χ0n) is 19.8. The third kappa shape index (κ3) is 4.95. The molecule has 1 amide bonds. The van der Waals surface area contributed by atoms with Crippen molar-refractivity contribution in [3.8, 4) is 5.75 Å². The third-order valence-corrected chi connectivity index (χ3v) is 7.17. The van der Waals surface area contributed by atoms with Gasteiger partial charge in [-0.3, -0.25) is 9.69 Å². The van der Waals surface area contributed by atoms with Gasteiger partial charge in [0.15, 0.2) is 0 Å². The van der Waals surface area contributed by atoms with Crippen LogP contribution in [-0.4, -0.2) is 50.1 Å². The minimum atomic E-state index is -0.0515. The maximum absolute atomic E-state index is 13.4. The molecule has 0 saturated carbocycles. The number of piperazine rings is 1. The summed E-state index contributed by atoms with van der Waals surface area (Å²) >= 11 is 0. The molecule has 34 heavy (non-hydrogen) atoms. The molecule has 0 aliphatic carbocycles. The molecule has 2 atom stereocenters. The molecule has 3 aromatic rings. The fourth-order valence-electron chi connectivity index (χ4n) is 5.36. The fraction of sp³-hybridized carbons (Fsp3) is 0.345. The number of benzene rings is 3. The van der Waals surface area contributed by atoms with E-state index in [1.165, 1.54) is 22.4 Å². The summed E-state index contributed by atoms with van der Waals surface area (Å²) in [7, 11) is 1.67. The summed E-state index contributed by atoms with van der Waals surface area (Å²) in [5.74, 6) is 0.968. The molecule has 1 fully saturated rings. The summed E-state index contributed by atoms with van der Waals surface area (Å²) in [6.45, 7) is 4.43. The highest BCUT2D eigenvalue weighted by Gasteiger charge is 2.41. The standard InChI is InChI=1S/C29H33N3O2/c1-34-25-13-11-22(12-14-25)15-16-30-29(33)26-19-24-9-5-6-10-27(24)32-18-17-31(21-28(26)32)20-23-7-3-2-4-8-23/h2-14,26,28H,15-21H2,1H3,(H,30,33)/t26-,28-/m1/s1. The average molecular weight is 456 g/mol. The number of methoxy groups -OCH3 is 1. The average Bonchev–Trinajstić information content (AvgIpc) is 2.89. The number of nitrogens with zero attached hydrogens (tertiary/aromatic N) is 2. The first kappa shape index (κ1) is 22.5. The van der Waals surface area contributed by atoms with Crippen molar-refractivity contribution < 1.29 is 9.53 Å². The molecule has 2 aliphatic rings. The molecule has 0 radical (unpaired) electrons. The molecule has 5 heteroatoms. The number of hydrogen-bond donors (Lipinski definition) is 1. The van der Waals surface area contributed by atoms with Gasteiger partial charge < -0.3 is 15.0 Å². The zero-order valence-corrected chi connectivity index (χ0v) is 19.8. The summed E-state index contributed by atoms with van der Waals surface area (Å²) < 4.78 is 5.24. The van der Waals surface area contributed by atoms with Crippen molar-refractivity contribution in [2.24, 2.45) is 5.92 Å². The van der Waals surface area contributed by atoms with Gasteiger partial charge in [0.1, 0.15) is 5.75 Å². The topological polar surface area (TPSA) is 44.8 Å². The molecule has 5 nitrogen and oxygen atoms in total. The smallest absolute Gasteiger partial charge is 0.225 e. The molecule has 0 aromatic heterocycles. The number of fused-ring (bicyclic) bond motifs is 3. The van der Waals surface area contributed by atoms with Crippen LogP contribution in [0.5, 0.6) is 5.75 Å². The van der Waals surface area contributed by atoms with Crippen LogP contribution in [0.2, 0.25) is 0 Å². The Morgan fingerprint density at radius 2 is 1.71 bits per heavy atom. The molecule has 2 heterocycles. The van der Waals surface area contributed by atoms with E-state index in [2.05, 4.69) is 81.8 Å². The Labute approximate surface area is 202 Å². The molecule has 1 saturated heterocycles. The molecule has 5 rings (SSSR count). The summed E-state index contributed by atoms with van der Waals surface area (Å²) in [5.41, 5.74) is 5.11. The highest BCUT2D eigenvalue weighted by molar-refractivity contribution is 5.82. The number of para-hydroxylation sites is 1. The zero-order chi connectivity index (χ0) is 23.3. The van der Waals surface area contributed by atoms with Crippen molar-refractivity contribution in [3.05, 3.63) is 95.6 Å². The van der Waals surface area contributed by atoms with Gasteiger partial charge in [0, 0.05) is 38.4 Å². The van der Waals surface area contributed by atoms with E-state index in [1.54, 1.807) is 7.11 Å². The highest BCUT2D eigenvalue weighted by atomic mass is 16.5. The van der Waals surface area contributed by atoms with Crippen molar-refractivity contribution in [2.75, 3.05) is 38.2 Å². The van der Waals surface area contributed by atoms with Crippen LogP contribution >= 0.6 is 0 Å². The molecule has 176 valence electrons. The lowest BCUT2D eigenvalue weighted by Gasteiger charge is -2.49. The van der Waals surface area contributed by atoms with Crippen molar-refractivity contribution in [1.29, 1.82) is 0 Å². The van der Waals surface area contributed by atoms with Crippen molar-refractivity contribution in [1.82, 2.24) is 10.2 Å². The maximum Gasteiger partial charge on any atom is 0.225 e. The minimum Gasteiger partial charge on any atom is -0.497 e. The van der Waals surface area contributed by atoms with Gasteiger partial charge >= 0.3 is 0 Å². The second-order valence-corrected chi connectivity index (χ2v) is 9.31. The van der Waals surface area contributed by atoms with Gasteiger partial charge in [-0.15, -0.1) is 0 Å². The first-order chi connectivity index (χ1) is 16.7. The van der Waals surface area contributed by atoms with E-state index in [0.717, 1.165) is 44.8 Å². The van der Waals surface area contributed by atoms with E-state index in [-0.39, 0.29) is 17.9 Å². The molecule has 1 N–H and O–H groups in total. The number of carbonyl (C=O) groups is 1. The Morgan fingerprint density at radius 3 is 2.50 bits per heavy atom. The van der Waals surface area contributed by atoms with E-state index in [1.807, 2.05) is 12.1 Å². The lowest BCUT2D eigenvalue weighted by Crippen LogP contribution is -2.61. The van der Waals surface area contributed by atoms with Crippen LogP contribution in [0.1, 0.15) is 16.7 Å². The van der Waals surface area contributed by atoms with Gasteiger partial charge in [-0.1, -0.05) is 60.7 Å². The predicted molar refractivity (Wildman–Crippen MR) is 136 cm³/mol. The fourth-order valence-corrected chi connectivity index (χ4v) is 5.36. The highest BCUT2D eigenvalue weighted by Crippen LogP contribution is 2.36.